The van der Waals surface area contributed by atoms with E-state index in [1.807, 2.05) is 10.8 Å². The molecule has 8 heteroatoms. The van der Waals surface area contributed by atoms with E-state index in [2.05, 4.69) is 47.0 Å². The number of nitrogens with zero attached hydrogens (tertiary/aromatic N) is 3. The lowest BCUT2D eigenvalue weighted by molar-refractivity contribution is 0.0601. The lowest BCUT2D eigenvalue weighted by atomic mass is 10.1. The molecular formula is C22H20N4O3S. The molecule has 1 N–H and O–H groups in total. The minimum Gasteiger partial charge on any atom is -0.465 e. The van der Waals surface area contributed by atoms with Crippen molar-refractivity contribution in [3.8, 4) is 5.69 Å². The van der Waals surface area contributed by atoms with Gasteiger partial charge in [0, 0.05) is 12.4 Å². The molecule has 0 aliphatic heterocycles. The summed E-state index contributed by atoms with van der Waals surface area (Å²) in [5.74, 6) is 0.468. The van der Waals surface area contributed by atoms with Gasteiger partial charge < -0.3 is 9.72 Å². The Hall–Kier alpha value is -3.39. The molecule has 0 unspecified atom stereocenters. The number of thioether (sulfide) groups is 1. The normalized spacial score (nSPS) is 11.0. The third-order valence-electron chi connectivity index (χ3n) is 4.73. The molecule has 2 aromatic heterocycles. The Labute approximate surface area is 177 Å². The van der Waals surface area contributed by atoms with E-state index in [1.165, 1.54) is 24.4 Å². The van der Waals surface area contributed by atoms with E-state index >= 15 is 0 Å². The van der Waals surface area contributed by atoms with E-state index in [1.54, 1.807) is 24.4 Å². The number of carbonyl (C=O) groups excluding carboxylic acids is 1. The number of rotatable bonds is 5. The first kappa shape index (κ1) is 19.9. The Kier molecular flexibility index (Phi) is 5.41. The molecular weight excluding hydrogens is 400 g/mol. The molecule has 2 heterocycles. The lowest BCUT2D eigenvalue weighted by Crippen LogP contribution is -2.12. The Morgan fingerprint density at radius 3 is 2.80 bits per heavy atom. The maximum atomic E-state index is 12.4. The van der Waals surface area contributed by atoms with Crippen molar-refractivity contribution in [1.29, 1.82) is 0 Å². The fourth-order valence-corrected chi connectivity index (χ4v) is 4.13. The smallest absolute Gasteiger partial charge is 0.337 e. The fourth-order valence-electron chi connectivity index (χ4n) is 3.29. The summed E-state index contributed by atoms with van der Waals surface area (Å²) in [6.45, 7) is 4.13. The van der Waals surface area contributed by atoms with Gasteiger partial charge in [-0.15, -0.1) is 0 Å². The van der Waals surface area contributed by atoms with Gasteiger partial charge in [-0.3, -0.25) is 9.36 Å². The number of nitrogens with one attached hydrogen (secondary N) is 1. The summed E-state index contributed by atoms with van der Waals surface area (Å²) in [6, 6.07) is 11.0. The lowest BCUT2D eigenvalue weighted by Gasteiger charge is -2.11. The topological polar surface area (TPSA) is 89.9 Å². The first-order valence-electron chi connectivity index (χ1n) is 9.31. The molecule has 30 heavy (non-hydrogen) atoms. The van der Waals surface area contributed by atoms with Gasteiger partial charge in [0.15, 0.2) is 5.16 Å². The molecule has 0 spiro atoms. The van der Waals surface area contributed by atoms with Gasteiger partial charge in [0.05, 0.1) is 35.0 Å². The van der Waals surface area contributed by atoms with Crippen LogP contribution in [0.25, 0.3) is 16.6 Å². The number of esters is 1. The molecule has 0 fully saturated rings. The zero-order chi connectivity index (χ0) is 21.3. The maximum absolute atomic E-state index is 12.4. The molecule has 0 aliphatic carbocycles. The third kappa shape index (κ3) is 3.86. The largest absolute Gasteiger partial charge is 0.465 e. The van der Waals surface area contributed by atoms with Crippen molar-refractivity contribution >= 4 is 28.6 Å². The maximum Gasteiger partial charge on any atom is 0.337 e. The Bertz CT molecular complexity index is 1310. The van der Waals surface area contributed by atoms with E-state index in [-0.39, 0.29) is 5.56 Å². The van der Waals surface area contributed by atoms with Crippen LogP contribution in [0.2, 0.25) is 0 Å². The molecule has 2 aromatic carbocycles. The summed E-state index contributed by atoms with van der Waals surface area (Å²) < 4.78 is 6.77. The second kappa shape index (κ2) is 8.16. The number of aromatic amines is 1. The van der Waals surface area contributed by atoms with Crippen LogP contribution in [-0.2, 0) is 10.5 Å². The number of aromatic nitrogens is 4. The van der Waals surface area contributed by atoms with E-state index in [4.69, 9.17) is 4.74 Å². The number of H-pyrrole nitrogens is 1. The van der Waals surface area contributed by atoms with Crippen LogP contribution in [0.3, 0.4) is 0 Å². The van der Waals surface area contributed by atoms with Crippen molar-refractivity contribution in [3.63, 3.8) is 0 Å². The first-order valence-corrected chi connectivity index (χ1v) is 10.3. The standard InChI is InChI=1S/C22H20N4O3S/c1-13-4-7-18(14(2)10-13)26-9-8-23-22(26)30-12-19-24-17-11-15(21(28)29-3)5-6-16(17)20(27)25-19/h4-11H,12H2,1-3H3,(H,24,25,27). The van der Waals surface area contributed by atoms with Crippen LogP contribution in [0.1, 0.15) is 27.3 Å². The monoisotopic (exact) mass is 420 g/mol. The zero-order valence-corrected chi connectivity index (χ0v) is 17.6. The highest BCUT2D eigenvalue weighted by atomic mass is 32.2. The van der Waals surface area contributed by atoms with Crippen LogP contribution in [0, 0.1) is 13.8 Å². The van der Waals surface area contributed by atoms with Crippen LogP contribution in [0.5, 0.6) is 0 Å². The van der Waals surface area contributed by atoms with Crippen molar-refractivity contribution in [3.05, 3.63) is 81.7 Å². The summed E-state index contributed by atoms with van der Waals surface area (Å²) in [5.41, 5.74) is 3.98. The van der Waals surface area contributed by atoms with E-state index < -0.39 is 5.97 Å². The van der Waals surface area contributed by atoms with Crippen LogP contribution in [0.4, 0.5) is 0 Å². The van der Waals surface area contributed by atoms with E-state index in [0.29, 0.717) is 28.0 Å². The Morgan fingerprint density at radius 2 is 2.03 bits per heavy atom. The van der Waals surface area contributed by atoms with Crippen LogP contribution >= 0.6 is 11.8 Å². The van der Waals surface area contributed by atoms with Gasteiger partial charge in [0.25, 0.3) is 5.56 Å². The molecule has 4 aromatic rings. The van der Waals surface area contributed by atoms with Gasteiger partial charge >= 0.3 is 5.97 Å². The quantitative estimate of drug-likeness (QED) is 0.390. The third-order valence-corrected chi connectivity index (χ3v) is 5.71. The molecule has 0 bridgehead atoms. The summed E-state index contributed by atoms with van der Waals surface area (Å²) >= 11 is 1.47. The number of hydrogen-bond donors (Lipinski definition) is 1. The van der Waals surface area contributed by atoms with Gasteiger partial charge in [-0.1, -0.05) is 29.5 Å². The molecule has 0 radical (unpaired) electrons. The Morgan fingerprint density at radius 1 is 1.20 bits per heavy atom. The molecule has 0 amide bonds. The van der Waals surface area contributed by atoms with Gasteiger partial charge in [-0.05, 0) is 43.7 Å². The molecule has 7 nitrogen and oxygen atoms in total. The minimum atomic E-state index is -0.467. The van der Waals surface area contributed by atoms with Gasteiger partial charge in [0.2, 0.25) is 0 Å². The second-order valence-electron chi connectivity index (χ2n) is 6.89. The zero-order valence-electron chi connectivity index (χ0n) is 16.8. The van der Waals surface area contributed by atoms with Crippen molar-refractivity contribution in [2.24, 2.45) is 0 Å². The van der Waals surface area contributed by atoms with Gasteiger partial charge in [-0.2, -0.15) is 0 Å². The minimum absolute atomic E-state index is 0.246. The summed E-state index contributed by atoms with van der Waals surface area (Å²) in [6.07, 6.45) is 3.67. The molecule has 0 saturated carbocycles. The highest BCUT2D eigenvalue weighted by Gasteiger charge is 2.12. The van der Waals surface area contributed by atoms with E-state index in [9.17, 15) is 9.59 Å². The molecule has 4 rings (SSSR count). The second-order valence-corrected chi connectivity index (χ2v) is 7.84. The summed E-state index contributed by atoms with van der Waals surface area (Å²) in [7, 11) is 1.32. The number of methoxy groups -OCH3 is 1. The van der Waals surface area contributed by atoms with Crippen LogP contribution in [-0.4, -0.2) is 32.6 Å². The number of fused-ring (bicyclic) bond motifs is 1. The van der Waals surface area contributed by atoms with Gasteiger partial charge in [-0.25, -0.2) is 14.8 Å². The predicted molar refractivity (Wildman–Crippen MR) is 116 cm³/mol. The summed E-state index contributed by atoms with van der Waals surface area (Å²) in [5, 5.41) is 1.22. The number of ether oxygens (including phenoxy) is 1. The average molecular weight is 420 g/mol. The predicted octanol–water partition coefficient (Wildman–Crippen LogP) is 3.80. The van der Waals surface area contributed by atoms with Crippen LogP contribution < -0.4 is 5.56 Å². The van der Waals surface area contributed by atoms with Crippen molar-refractivity contribution in [2.45, 2.75) is 24.8 Å². The number of carbonyl (C=O) groups is 1. The van der Waals surface area contributed by atoms with Gasteiger partial charge in [0.1, 0.15) is 5.82 Å². The SMILES string of the molecule is COC(=O)c1ccc2c(=O)[nH]c(CSc3nccn3-c3ccc(C)cc3C)nc2c1. The summed E-state index contributed by atoms with van der Waals surface area (Å²) in [4.78, 5) is 36.0. The van der Waals surface area contributed by atoms with Crippen molar-refractivity contribution in [2.75, 3.05) is 7.11 Å². The molecule has 0 aliphatic rings. The number of benzene rings is 2. The van der Waals surface area contributed by atoms with E-state index in [0.717, 1.165) is 16.4 Å². The Balaban J connectivity index is 1.62. The first-order chi connectivity index (χ1) is 14.5. The number of hydrogen-bond acceptors (Lipinski definition) is 6. The fraction of sp³-hybridized carbons (Fsp3) is 0.182. The highest BCUT2D eigenvalue weighted by Crippen LogP contribution is 2.25. The van der Waals surface area contributed by atoms with Crippen molar-refractivity contribution in [1.82, 2.24) is 19.5 Å². The van der Waals surface area contributed by atoms with Crippen molar-refractivity contribution < 1.29 is 9.53 Å². The average Bonchev–Trinajstić information content (AvgIpc) is 3.19. The number of imidazole rings is 1. The highest BCUT2D eigenvalue weighted by molar-refractivity contribution is 7.98. The molecule has 0 atom stereocenters. The molecule has 152 valence electrons. The number of aryl methyl sites for hydroxylation is 2. The molecule has 0 saturated heterocycles. The van der Waals surface area contributed by atoms with Crippen LogP contribution in [0.15, 0.2) is 58.7 Å².